The molecular weight excluding hydrogens is 204 g/mol. The van der Waals surface area contributed by atoms with Crippen LogP contribution < -0.4 is 5.73 Å². The van der Waals surface area contributed by atoms with Gasteiger partial charge < -0.3 is 5.73 Å². The molecule has 1 aromatic rings. The highest BCUT2D eigenvalue weighted by Gasteiger charge is 1.87. The largest absolute Gasteiger partial charge is 0.384 e. The lowest BCUT2D eigenvalue weighted by Crippen LogP contribution is -1.90. The van der Waals surface area contributed by atoms with Crippen LogP contribution in [0.3, 0.4) is 0 Å². The predicted molar refractivity (Wildman–Crippen MR) is 51.5 cm³/mol. The van der Waals surface area contributed by atoms with Crippen LogP contribution in [0.4, 0.5) is 5.82 Å². The molecule has 2 N–H and O–H groups in total. The van der Waals surface area contributed by atoms with Gasteiger partial charge in [0.2, 0.25) is 0 Å². The SMILES string of the molecule is Nc1cccc(C=CCBr)n1. The topological polar surface area (TPSA) is 38.9 Å². The Hall–Kier alpha value is -0.830. The fraction of sp³-hybridized carbons (Fsp3) is 0.125. The summed E-state index contributed by atoms with van der Waals surface area (Å²) < 4.78 is 0. The van der Waals surface area contributed by atoms with Crippen LogP contribution in [-0.2, 0) is 0 Å². The number of allylic oxidation sites excluding steroid dienone is 1. The molecule has 1 rings (SSSR count). The first-order chi connectivity index (χ1) is 5.33. The molecule has 1 aromatic heterocycles. The number of aromatic nitrogens is 1. The Labute approximate surface area is 74.3 Å². The number of hydrogen-bond acceptors (Lipinski definition) is 2. The quantitative estimate of drug-likeness (QED) is 0.763. The molecule has 0 fully saturated rings. The van der Waals surface area contributed by atoms with Gasteiger partial charge in [0.15, 0.2) is 0 Å². The number of nitrogens with two attached hydrogens (primary N) is 1. The smallest absolute Gasteiger partial charge is 0.124 e. The number of alkyl halides is 1. The fourth-order valence-electron chi connectivity index (χ4n) is 0.727. The minimum absolute atomic E-state index is 0.557. The van der Waals surface area contributed by atoms with Crippen molar-refractivity contribution in [1.82, 2.24) is 4.98 Å². The zero-order chi connectivity index (χ0) is 8.10. The van der Waals surface area contributed by atoms with Gasteiger partial charge in [0.05, 0.1) is 5.69 Å². The van der Waals surface area contributed by atoms with Gasteiger partial charge in [-0.05, 0) is 18.2 Å². The van der Waals surface area contributed by atoms with E-state index in [1.165, 1.54) is 0 Å². The maximum absolute atomic E-state index is 5.47. The number of pyridine rings is 1. The van der Waals surface area contributed by atoms with Crippen molar-refractivity contribution in [2.75, 3.05) is 11.1 Å². The van der Waals surface area contributed by atoms with Crippen molar-refractivity contribution in [3.63, 3.8) is 0 Å². The predicted octanol–water partition coefficient (Wildman–Crippen LogP) is 2.07. The molecule has 11 heavy (non-hydrogen) atoms. The van der Waals surface area contributed by atoms with Crippen LogP contribution in [0.5, 0.6) is 0 Å². The fourth-order valence-corrected chi connectivity index (χ4v) is 0.914. The number of hydrogen-bond donors (Lipinski definition) is 1. The molecule has 0 atom stereocenters. The van der Waals surface area contributed by atoms with Crippen molar-refractivity contribution in [2.45, 2.75) is 0 Å². The van der Waals surface area contributed by atoms with Gasteiger partial charge in [0.25, 0.3) is 0 Å². The number of rotatable bonds is 2. The molecule has 58 valence electrons. The zero-order valence-electron chi connectivity index (χ0n) is 6.00. The summed E-state index contributed by atoms with van der Waals surface area (Å²) in [6.07, 6.45) is 3.90. The summed E-state index contributed by atoms with van der Waals surface area (Å²) in [5.41, 5.74) is 6.37. The van der Waals surface area contributed by atoms with Crippen LogP contribution in [0.2, 0.25) is 0 Å². The van der Waals surface area contributed by atoms with Crippen LogP contribution in [-0.4, -0.2) is 10.3 Å². The molecular formula is C8H9BrN2. The van der Waals surface area contributed by atoms with E-state index in [2.05, 4.69) is 20.9 Å². The number of nitrogen functional groups attached to an aromatic ring is 1. The van der Waals surface area contributed by atoms with E-state index in [-0.39, 0.29) is 0 Å². The van der Waals surface area contributed by atoms with Crippen molar-refractivity contribution in [3.05, 3.63) is 30.0 Å². The molecule has 0 unspecified atom stereocenters. The summed E-state index contributed by atoms with van der Waals surface area (Å²) in [6, 6.07) is 5.57. The van der Waals surface area contributed by atoms with E-state index in [9.17, 15) is 0 Å². The summed E-state index contributed by atoms with van der Waals surface area (Å²) in [5, 5.41) is 0.837. The molecule has 0 aliphatic carbocycles. The minimum atomic E-state index is 0.557. The Morgan fingerprint density at radius 1 is 1.55 bits per heavy atom. The molecule has 0 spiro atoms. The lowest BCUT2D eigenvalue weighted by Gasteiger charge is -1.93. The Morgan fingerprint density at radius 3 is 3.00 bits per heavy atom. The third-order valence-corrected chi connectivity index (χ3v) is 1.54. The number of anilines is 1. The molecule has 0 bridgehead atoms. The second kappa shape index (κ2) is 4.13. The van der Waals surface area contributed by atoms with Crippen molar-refractivity contribution in [2.24, 2.45) is 0 Å². The van der Waals surface area contributed by atoms with E-state index >= 15 is 0 Å². The van der Waals surface area contributed by atoms with E-state index in [1.807, 2.05) is 24.3 Å². The third-order valence-electron chi connectivity index (χ3n) is 1.17. The normalized spacial score (nSPS) is 10.6. The van der Waals surface area contributed by atoms with Gasteiger partial charge in [0, 0.05) is 5.33 Å². The second-order valence-electron chi connectivity index (χ2n) is 2.04. The summed E-state index contributed by atoms with van der Waals surface area (Å²) in [6.45, 7) is 0. The molecule has 0 radical (unpaired) electrons. The van der Waals surface area contributed by atoms with Crippen LogP contribution in [0.25, 0.3) is 6.08 Å². The second-order valence-corrected chi connectivity index (χ2v) is 2.69. The minimum Gasteiger partial charge on any atom is -0.384 e. The first-order valence-corrected chi connectivity index (χ1v) is 4.40. The van der Waals surface area contributed by atoms with Crippen LogP contribution in [0.1, 0.15) is 5.69 Å². The first-order valence-electron chi connectivity index (χ1n) is 3.28. The third kappa shape index (κ3) is 2.72. The highest BCUT2D eigenvalue weighted by Crippen LogP contribution is 2.02. The first kappa shape index (κ1) is 8.27. The van der Waals surface area contributed by atoms with Gasteiger partial charge in [-0.25, -0.2) is 4.98 Å². The summed E-state index contributed by atoms with van der Waals surface area (Å²) in [7, 11) is 0. The van der Waals surface area contributed by atoms with Crippen LogP contribution in [0.15, 0.2) is 24.3 Å². The molecule has 0 aliphatic rings. The van der Waals surface area contributed by atoms with Crippen LogP contribution >= 0.6 is 15.9 Å². The summed E-state index contributed by atoms with van der Waals surface area (Å²) in [5.74, 6) is 0.557. The van der Waals surface area contributed by atoms with Crippen molar-refractivity contribution in [3.8, 4) is 0 Å². The van der Waals surface area contributed by atoms with Gasteiger partial charge >= 0.3 is 0 Å². The molecule has 3 heteroatoms. The number of halogens is 1. The standard InChI is InChI=1S/C8H9BrN2/c9-6-2-4-7-3-1-5-8(10)11-7/h1-5H,6H2,(H2,10,11). The van der Waals surface area contributed by atoms with Gasteiger partial charge in [-0.1, -0.05) is 28.1 Å². The maximum Gasteiger partial charge on any atom is 0.124 e. The van der Waals surface area contributed by atoms with E-state index in [1.54, 1.807) is 6.07 Å². The van der Waals surface area contributed by atoms with E-state index in [4.69, 9.17) is 5.73 Å². The molecule has 2 nitrogen and oxygen atoms in total. The van der Waals surface area contributed by atoms with Crippen molar-refractivity contribution < 1.29 is 0 Å². The van der Waals surface area contributed by atoms with Gasteiger partial charge in [-0.3, -0.25) is 0 Å². The Kier molecular flexibility index (Phi) is 3.11. The lowest BCUT2D eigenvalue weighted by molar-refractivity contribution is 1.30. The molecule has 0 aliphatic heterocycles. The van der Waals surface area contributed by atoms with E-state index in [0.29, 0.717) is 5.82 Å². The van der Waals surface area contributed by atoms with E-state index < -0.39 is 0 Å². The van der Waals surface area contributed by atoms with E-state index in [0.717, 1.165) is 11.0 Å². The average Bonchev–Trinajstić information content (AvgIpc) is 2.01. The van der Waals surface area contributed by atoms with Crippen LogP contribution in [0, 0.1) is 0 Å². The van der Waals surface area contributed by atoms with Crippen molar-refractivity contribution >= 4 is 27.8 Å². The van der Waals surface area contributed by atoms with Crippen molar-refractivity contribution in [1.29, 1.82) is 0 Å². The van der Waals surface area contributed by atoms with Gasteiger partial charge in [0.1, 0.15) is 5.82 Å². The Morgan fingerprint density at radius 2 is 2.36 bits per heavy atom. The zero-order valence-corrected chi connectivity index (χ0v) is 7.58. The summed E-state index contributed by atoms with van der Waals surface area (Å²) >= 11 is 3.28. The highest BCUT2D eigenvalue weighted by atomic mass is 79.9. The monoisotopic (exact) mass is 212 g/mol. The number of nitrogens with zero attached hydrogens (tertiary/aromatic N) is 1. The molecule has 0 amide bonds. The average molecular weight is 213 g/mol. The Balaban J connectivity index is 2.79. The van der Waals surface area contributed by atoms with Gasteiger partial charge in [-0.15, -0.1) is 0 Å². The summed E-state index contributed by atoms with van der Waals surface area (Å²) in [4.78, 5) is 4.08. The maximum atomic E-state index is 5.47. The Bertz CT molecular complexity index is 258. The molecule has 0 aromatic carbocycles. The lowest BCUT2D eigenvalue weighted by atomic mass is 10.3. The molecule has 0 saturated carbocycles. The molecule has 1 heterocycles. The molecule has 0 saturated heterocycles. The highest BCUT2D eigenvalue weighted by molar-refractivity contribution is 9.09. The van der Waals surface area contributed by atoms with Gasteiger partial charge in [-0.2, -0.15) is 0 Å².